The van der Waals surface area contributed by atoms with Gasteiger partial charge in [0, 0.05) is 29.7 Å². The summed E-state index contributed by atoms with van der Waals surface area (Å²) in [4.78, 5) is 17.7. The number of hydrogen-bond donors (Lipinski definition) is 1. The molecule has 2 aromatic heterocycles. The van der Waals surface area contributed by atoms with Crippen LogP contribution in [0.4, 0.5) is 0 Å². The lowest BCUT2D eigenvalue weighted by Crippen LogP contribution is -2.23. The third-order valence-electron chi connectivity index (χ3n) is 5.67. The zero-order valence-electron chi connectivity index (χ0n) is 19.2. The van der Waals surface area contributed by atoms with Crippen molar-refractivity contribution in [3.05, 3.63) is 94.5 Å². The number of aromatic nitrogens is 2. The highest BCUT2D eigenvalue weighted by Crippen LogP contribution is 2.34. The Morgan fingerprint density at radius 3 is 2.71 bits per heavy atom. The summed E-state index contributed by atoms with van der Waals surface area (Å²) < 4.78 is 7.43. The number of rotatable bonds is 9. The van der Waals surface area contributed by atoms with Crippen LogP contribution in [-0.4, -0.2) is 29.1 Å². The normalized spacial score (nSPS) is 10.8. The highest BCUT2D eigenvalue weighted by molar-refractivity contribution is 7.13. The van der Waals surface area contributed by atoms with Crippen LogP contribution in [0.5, 0.6) is 5.75 Å². The minimum absolute atomic E-state index is 0.122. The molecule has 7 heteroatoms. The van der Waals surface area contributed by atoms with E-state index in [1.807, 2.05) is 54.8 Å². The lowest BCUT2D eigenvalue weighted by Gasteiger charge is -2.12. The third-order valence-corrected chi connectivity index (χ3v) is 6.88. The van der Waals surface area contributed by atoms with E-state index in [2.05, 4.69) is 28.6 Å². The zero-order valence-corrected chi connectivity index (χ0v) is 20.7. The molecule has 0 unspecified atom stereocenters. The van der Waals surface area contributed by atoms with Crippen LogP contribution in [0, 0.1) is 6.92 Å². The fourth-order valence-corrected chi connectivity index (χ4v) is 4.95. The molecule has 2 heterocycles. The van der Waals surface area contributed by atoms with Crippen molar-refractivity contribution < 1.29 is 9.53 Å². The molecule has 2 aromatic carbocycles. The Hall–Kier alpha value is -3.35. The molecule has 1 amide bonds. The van der Waals surface area contributed by atoms with E-state index in [1.54, 1.807) is 13.2 Å². The average molecular weight is 492 g/mol. The maximum Gasteiger partial charge on any atom is 0.253 e. The first-order valence-electron chi connectivity index (χ1n) is 10.9. The summed E-state index contributed by atoms with van der Waals surface area (Å²) in [6.45, 7) is 6.78. The number of aryl methyl sites for hydroxylation is 1. The van der Waals surface area contributed by atoms with E-state index in [0.717, 1.165) is 39.8 Å². The second-order valence-corrected chi connectivity index (χ2v) is 9.06. The topological polar surface area (TPSA) is 56.2 Å². The van der Waals surface area contributed by atoms with E-state index in [4.69, 9.17) is 21.3 Å². The van der Waals surface area contributed by atoms with Gasteiger partial charge in [-0.1, -0.05) is 48.0 Å². The van der Waals surface area contributed by atoms with Gasteiger partial charge in [0.15, 0.2) is 0 Å². The van der Waals surface area contributed by atoms with E-state index in [1.165, 1.54) is 16.9 Å². The quantitative estimate of drug-likeness (QED) is 0.275. The molecule has 1 N–H and O–H groups in total. The Balaban J connectivity index is 1.69. The molecule has 0 aliphatic carbocycles. The molecule has 0 spiro atoms. The minimum atomic E-state index is -0.122. The van der Waals surface area contributed by atoms with Gasteiger partial charge in [-0.2, -0.15) is 0 Å². The summed E-state index contributed by atoms with van der Waals surface area (Å²) in [5.74, 6) is 0.709. The first-order chi connectivity index (χ1) is 16.5. The Morgan fingerprint density at radius 2 is 2.00 bits per heavy atom. The van der Waals surface area contributed by atoms with Crippen LogP contribution in [0.15, 0.2) is 72.6 Å². The number of benzene rings is 2. The molecule has 0 saturated carbocycles. The fourth-order valence-electron chi connectivity index (χ4n) is 3.82. The zero-order chi connectivity index (χ0) is 24.1. The third kappa shape index (κ3) is 5.08. The number of ether oxygens (including phenoxy) is 1. The van der Waals surface area contributed by atoms with Gasteiger partial charge in [0.1, 0.15) is 10.8 Å². The second-order valence-electron chi connectivity index (χ2n) is 7.79. The van der Waals surface area contributed by atoms with Crippen molar-refractivity contribution in [3.63, 3.8) is 0 Å². The van der Waals surface area contributed by atoms with Crippen molar-refractivity contribution in [1.29, 1.82) is 0 Å². The maximum absolute atomic E-state index is 12.8. The SMILES string of the molecule is C=CCNC(=O)c1cc(-c2csc(-c3ccccc3Cl)n2)n(CCc2ccc(OC)cc2)c1C. The molecular formula is C27H26ClN3O2S. The van der Waals surface area contributed by atoms with Crippen molar-refractivity contribution >= 4 is 28.8 Å². The van der Waals surface area contributed by atoms with Gasteiger partial charge in [0.05, 0.1) is 29.1 Å². The highest BCUT2D eigenvalue weighted by Gasteiger charge is 2.20. The Bertz CT molecular complexity index is 1310. The van der Waals surface area contributed by atoms with Gasteiger partial charge in [0.25, 0.3) is 5.91 Å². The highest BCUT2D eigenvalue weighted by atomic mass is 35.5. The molecule has 0 aliphatic heterocycles. The molecule has 5 nitrogen and oxygen atoms in total. The number of thiazole rings is 1. The summed E-state index contributed by atoms with van der Waals surface area (Å²) in [5, 5.41) is 6.42. The lowest BCUT2D eigenvalue weighted by molar-refractivity contribution is 0.0957. The molecule has 0 fully saturated rings. The number of amides is 1. The number of nitrogens with zero attached hydrogens (tertiary/aromatic N) is 2. The number of nitrogens with one attached hydrogen (secondary N) is 1. The summed E-state index contributed by atoms with van der Waals surface area (Å²) in [6, 6.07) is 17.7. The number of carbonyl (C=O) groups is 1. The summed E-state index contributed by atoms with van der Waals surface area (Å²) in [7, 11) is 1.66. The molecule has 0 atom stereocenters. The minimum Gasteiger partial charge on any atom is -0.497 e. The van der Waals surface area contributed by atoms with Gasteiger partial charge < -0.3 is 14.6 Å². The van der Waals surface area contributed by atoms with Crippen molar-refractivity contribution in [2.24, 2.45) is 0 Å². The van der Waals surface area contributed by atoms with E-state index >= 15 is 0 Å². The fraction of sp³-hybridized carbons (Fsp3) is 0.185. The van der Waals surface area contributed by atoms with Crippen molar-refractivity contribution in [1.82, 2.24) is 14.9 Å². The van der Waals surface area contributed by atoms with E-state index in [-0.39, 0.29) is 5.91 Å². The van der Waals surface area contributed by atoms with Gasteiger partial charge in [-0.15, -0.1) is 17.9 Å². The van der Waals surface area contributed by atoms with Gasteiger partial charge in [-0.3, -0.25) is 4.79 Å². The van der Waals surface area contributed by atoms with E-state index in [9.17, 15) is 4.79 Å². The Morgan fingerprint density at radius 1 is 1.24 bits per heavy atom. The smallest absolute Gasteiger partial charge is 0.253 e. The summed E-state index contributed by atoms with van der Waals surface area (Å²) in [5.41, 5.74) is 5.35. The Kier molecular flexibility index (Phi) is 7.50. The first kappa shape index (κ1) is 23.8. The molecular weight excluding hydrogens is 466 g/mol. The molecule has 4 rings (SSSR count). The van der Waals surface area contributed by atoms with Gasteiger partial charge in [-0.25, -0.2) is 4.98 Å². The molecule has 0 saturated heterocycles. The number of methoxy groups -OCH3 is 1. The predicted molar refractivity (Wildman–Crippen MR) is 140 cm³/mol. The molecule has 0 aliphatic rings. The van der Waals surface area contributed by atoms with Crippen LogP contribution in [-0.2, 0) is 13.0 Å². The molecule has 4 aromatic rings. The molecule has 0 radical (unpaired) electrons. The van der Waals surface area contributed by atoms with Crippen molar-refractivity contribution in [2.45, 2.75) is 19.9 Å². The molecule has 0 bridgehead atoms. The van der Waals surface area contributed by atoms with E-state index in [0.29, 0.717) is 23.7 Å². The predicted octanol–water partition coefficient (Wildman–Crippen LogP) is 6.41. The second kappa shape index (κ2) is 10.7. The largest absolute Gasteiger partial charge is 0.497 e. The first-order valence-corrected chi connectivity index (χ1v) is 12.2. The molecule has 34 heavy (non-hydrogen) atoms. The lowest BCUT2D eigenvalue weighted by atomic mass is 10.1. The number of hydrogen-bond acceptors (Lipinski definition) is 4. The Labute approximate surface area is 208 Å². The van der Waals surface area contributed by atoms with Crippen molar-refractivity contribution in [2.75, 3.05) is 13.7 Å². The van der Waals surface area contributed by atoms with Gasteiger partial charge in [-0.05, 0) is 43.2 Å². The van der Waals surface area contributed by atoms with E-state index < -0.39 is 0 Å². The average Bonchev–Trinajstić information content (AvgIpc) is 3.46. The van der Waals surface area contributed by atoms with Gasteiger partial charge in [0.2, 0.25) is 0 Å². The van der Waals surface area contributed by atoms with Crippen LogP contribution in [0.2, 0.25) is 5.02 Å². The summed E-state index contributed by atoms with van der Waals surface area (Å²) >= 11 is 7.94. The standard InChI is InChI=1S/C27H26ClN3O2S/c1-4-14-29-26(32)22-16-25(24-17-34-27(30-24)21-7-5-6-8-23(21)28)31(18(22)2)15-13-19-9-11-20(33-3)12-10-19/h4-12,16-17H,1,13-15H2,2-3H3,(H,29,32). The van der Waals surface area contributed by atoms with Crippen LogP contribution < -0.4 is 10.1 Å². The maximum atomic E-state index is 12.8. The van der Waals surface area contributed by atoms with Gasteiger partial charge >= 0.3 is 0 Å². The number of halogens is 1. The van der Waals surface area contributed by atoms with Crippen LogP contribution in [0.3, 0.4) is 0 Å². The van der Waals surface area contributed by atoms with Crippen LogP contribution in [0.25, 0.3) is 22.0 Å². The van der Waals surface area contributed by atoms with Crippen LogP contribution >= 0.6 is 22.9 Å². The molecule has 174 valence electrons. The summed E-state index contributed by atoms with van der Waals surface area (Å²) in [6.07, 6.45) is 2.48. The number of carbonyl (C=O) groups excluding carboxylic acids is 1. The monoisotopic (exact) mass is 491 g/mol. The van der Waals surface area contributed by atoms with Crippen LogP contribution in [0.1, 0.15) is 21.6 Å². The van der Waals surface area contributed by atoms with Crippen molar-refractivity contribution in [3.8, 4) is 27.7 Å².